The summed E-state index contributed by atoms with van der Waals surface area (Å²) in [7, 11) is 1.77. The molecule has 1 aromatic carbocycles. The minimum atomic E-state index is -0.831. The van der Waals surface area contributed by atoms with Crippen molar-refractivity contribution in [3.8, 4) is 11.4 Å². The Labute approximate surface area is 218 Å². The van der Waals surface area contributed by atoms with Crippen LogP contribution in [0.5, 0.6) is 0 Å². The number of aromatic nitrogens is 3. The number of aliphatic hydroxyl groups is 1. The third kappa shape index (κ3) is 5.93. The van der Waals surface area contributed by atoms with Crippen LogP contribution in [0.1, 0.15) is 38.3 Å². The number of hydrogen-bond acceptors (Lipinski definition) is 6. The van der Waals surface area contributed by atoms with Gasteiger partial charge in [-0.05, 0) is 0 Å². The van der Waals surface area contributed by atoms with Crippen LogP contribution in [0.3, 0.4) is 0 Å². The number of ether oxygens (including phenoxy) is 2. The minimum absolute atomic E-state index is 0.0130. The van der Waals surface area contributed by atoms with Crippen molar-refractivity contribution in [1.29, 1.82) is 0 Å². The van der Waals surface area contributed by atoms with Gasteiger partial charge in [-0.1, -0.05) is 0 Å². The molecular formula is C27H36AsN3O5. The zero-order valence-electron chi connectivity index (χ0n) is 21.7. The van der Waals surface area contributed by atoms with E-state index in [0.717, 1.165) is 59.4 Å². The number of imidazole rings is 1. The summed E-state index contributed by atoms with van der Waals surface area (Å²) in [5, 5.41) is 10.9. The van der Waals surface area contributed by atoms with E-state index in [4.69, 9.17) is 14.5 Å². The second kappa shape index (κ2) is 11.3. The van der Waals surface area contributed by atoms with Gasteiger partial charge in [0.1, 0.15) is 0 Å². The molecule has 0 amide bonds. The van der Waals surface area contributed by atoms with Crippen LogP contribution in [0, 0.1) is 12.8 Å². The fraction of sp³-hybridized carbons (Fsp3) is 0.519. The van der Waals surface area contributed by atoms with Gasteiger partial charge in [-0.3, -0.25) is 0 Å². The van der Waals surface area contributed by atoms with E-state index in [0.29, 0.717) is 11.5 Å². The van der Waals surface area contributed by atoms with E-state index in [2.05, 4.69) is 22.8 Å². The summed E-state index contributed by atoms with van der Waals surface area (Å²) in [4.78, 5) is 29.8. The fourth-order valence-corrected chi connectivity index (χ4v) is 7.29. The van der Waals surface area contributed by atoms with E-state index >= 15 is 0 Å². The van der Waals surface area contributed by atoms with Gasteiger partial charge in [-0.25, -0.2) is 0 Å². The average Bonchev–Trinajstić information content (AvgIpc) is 3.45. The molecule has 1 saturated heterocycles. The van der Waals surface area contributed by atoms with Gasteiger partial charge in [0.15, 0.2) is 0 Å². The van der Waals surface area contributed by atoms with Crippen LogP contribution < -0.4 is 5.56 Å². The van der Waals surface area contributed by atoms with Crippen molar-refractivity contribution in [2.45, 2.75) is 62.8 Å². The number of rotatable bonds is 9. The molecule has 3 heterocycles. The van der Waals surface area contributed by atoms with Crippen LogP contribution in [-0.2, 0) is 33.1 Å². The van der Waals surface area contributed by atoms with E-state index in [1.165, 1.54) is 0 Å². The monoisotopic (exact) mass is 557 g/mol. The molecule has 0 aliphatic carbocycles. The molecule has 1 aliphatic heterocycles. The standard InChI is InChI=1S/C27H36AsN3O5/c1-16(2)36-27(34)24(18(4)32)28-12-19-6-7-23-22(11-19)29-25(31(23)13-20-8-9-35-15-20)21-10-17(3)26(33)30(5)14-21/h6-7,10-11,14,16,18,20,24,28,32H,8-9,12-13,15H2,1-5H3/t18-,20?,24+/m1/s1. The van der Waals surface area contributed by atoms with Crippen molar-refractivity contribution in [2.24, 2.45) is 13.0 Å². The molecule has 3 aromatic rings. The zero-order chi connectivity index (χ0) is 26.0. The van der Waals surface area contributed by atoms with Crippen LogP contribution in [0.15, 0.2) is 35.3 Å². The van der Waals surface area contributed by atoms with Gasteiger partial charge in [0, 0.05) is 0 Å². The first-order valence-corrected chi connectivity index (χ1v) is 15.2. The van der Waals surface area contributed by atoms with Gasteiger partial charge in [0.25, 0.3) is 0 Å². The fourth-order valence-electron chi connectivity index (χ4n) is 4.66. The van der Waals surface area contributed by atoms with Crippen molar-refractivity contribution in [1.82, 2.24) is 14.1 Å². The molecule has 0 saturated carbocycles. The summed E-state index contributed by atoms with van der Waals surface area (Å²) in [6.07, 6.45) is 1.93. The van der Waals surface area contributed by atoms with Crippen LogP contribution in [0.25, 0.3) is 22.4 Å². The molecule has 9 heteroatoms. The predicted molar refractivity (Wildman–Crippen MR) is 142 cm³/mol. The van der Waals surface area contributed by atoms with E-state index < -0.39 is 26.6 Å². The van der Waals surface area contributed by atoms with Gasteiger partial charge in [-0.2, -0.15) is 0 Å². The zero-order valence-corrected chi connectivity index (χ0v) is 23.8. The molecule has 1 fully saturated rings. The molecule has 36 heavy (non-hydrogen) atoms. The normalized spacial score (nSPS) is 17.9. The molecule has 194 valence electrons. The number of carbonyl (C=O) groups is 1. The van der Waals surface area contributed by atoms with Gasteiger partial charge in [0.2, 0.25) is 0 Å². The van der Waals surface area contributed by atoms with Gasteiger partial charge in [-0.15, -0.1) is 0 Å². The molecule has 8 nitrogen and oxygen atoms in total. The number of nitrogens with zero attached hydrogens (tertiary/aromatic N) is 3. The second-order valence-electron chi connectivity index (χ2n) is 10.0. The Kier molecular flexibility index (Phi) is 8.38. The van der Waals surface area contributed by atoms with E-state index in [9.17, 15) is 14.7 Å². The van der Waals surface area contributed by atoms with Crippen molar-refractivity contribution in [2.75, 3.05) is 13.2 Å². The maximum atomic E-state index is 12.5. The Morgan fingerprint density at radius 2 is 2.08 bits per heavy atom. The molecule has 0 bridgehead atoms. The first-order valence-electron chi connectivity index (χ1n) is 12.5. The molecule has 0 spiro atoms. The Balaban J connectivity index is 1.67. The molecule has 0 radical (unpaired) electrons. The Morgan fingerprint density at radius 3 is 2.72 bits per heavy atom. The SMILES string of the molecule is Cc1cc(-c2nc3cc(C[AsH][C@H](C(=O)OC(C)C)[C@@H](C)O)ccc3n2CC2CCOC2)cn(C)c1=O. The number of pyridine rings is 1. The number of benzene rings is 1. The molecule has 1 N–H and O–H groups in total. The summed E-state index contributed by atoms with van der Waals surface area (Å²) in [5.41, 5.74) is 4.60. The summed E-state index contributed by atoms with van der Waals surface area (Å²) in [5.74, 6) is 0.947. The molecule has 2 unspecified atom stereocenters. The average molecular weight is 558 g/mol. The first kappa shape index (κ1) is 26.6. The third-order valence-corrected chi connectivity index (χ3v) is 10.2. The van der Waals surface area contributed by atoms with Gasteiger partial charge < -0.3 is 0 Å². The van der Waals surface area contributed by atoms with Crippen molar-refractivity contribution in [3.63, 3.8) is 0 Å². The first-order chi connectivity index (χ1) is 17.1. The number of esters is 1. The number of hydrogen-bond donors (Lipinski definition) is 1. The van der Waals surface area contributed by atoms with Crippen molar-refractivity contribution in [3.05, 3.63) is 51.9 Å². The van der Waals surface area contributed by atoms with E-state index in [1.54, 1.807) is 18.5 Å². The molecule has 2 aromatic heterocycles. The molecule has 4 atom stereocenters. The quantitative estimate of drug-likeness (QED) is 0.321. The van der Waals surface area contributed by atoms with Gasteiger partial charge >= 0.3 is 219 Å². The molecular weight excluding hydrogens is 521 g/mol. The number of fused-ring (bicyclic) bond motifs is 1. The van der Waals surface area contributed by atoms with Crippen LogP contribution >= 0.6 is 0 Å². The van der Waals surface area contributed by atoms with Crippen molar-refractivity contribution < 1.29 is 19.4 Å². The number of carbonyl (C=O) groups excluding carboxylic acids is 1. The Hall–Kier alpha value is -2.41. The second-order valence-corrected chi connectivity index (χ2v) is 12.9. The van der Waals surface area contributed by atoms with Crippen LogP contribution in [0.4, 0.5) is 0 Å². The summed E-state index contributed by atoms with van der Waals surface area (Å²) in [6, 6.07) is 8.19. The summed E-state index contributed by atoms with van der Waals surface area (Å²) >= 11 is -0.831. The topological polar surface area (TPSA) is 95.6 Å². The van der Waals surface area contributed by atoms with Crippen LogP contribution in [-0.4, -0.2) is 66.4 Å². The third-order valence-electron chi connectivity index (χ3n) is 6.51. The summed E-state index contributed by atoms with van der Waals surface area (Å²) in [6.45, 7) is 9.45. The predicted octanol–water partition coefficient (Wildman–Crippen LogP) is 2.80. The Morgan fingerprint density at radius 1 is 1.31 bits per heavy atom. The van der Waals surface area contributed by atoms with Crippen LogP contribution in [0.2, 0.25) is 4.71 Å². The summed E-state index contributed by atoms with van der Waals surface area (Å²) < 4.78 is 14.4. The maximum absolute atomic E-state index is 12.5. The van der Waals surface area contributed by atoms with E-state index in [1.807, 2.05) is 33.0 Å². The van der Waals surface area contributed by atoms with Gasteiger partial charge in [0.05, 0.1) is 0 Å². The Bertz CT molecular complexity index is 1260. The van der Waals surface area contributed by atoms with Crippen molar-refractivity contribution >= 4 is 32.8 Å². The number of aliphatic hydroxyl groups excluding tert-OH is 1. The number of aryl methyl sites for hydroxylation is 2. The molecule has 1 aliphatic rings. The van der Waals surface area contributed by atoms with E-state index in [-0.39, 0.29) is 17.6 Å². The molecule has 4 rings (SSSR count).